The van der Waals surface area contributed by atoms with Crippen LogP contribution in [0, 0.1) is 0 Å². The number of para-hydroxylation sites is 1. The molecule has 3 N–H and O–H groups in total. The van der Waals surface area contributed by atoms with Crippen LogP contribution in [0.3, 0.4) is 0 Å². The average Bonchev–Trinajstić information content (AvgIpc) is 3.12. The van der Waals surface area contributed by atoms with Crippen LogP contribution in [0.2, 0.25) is 0 Å². The number of nitrogens with two attached hydrogens (primary N) is 1. The number of sulfonamides is 1. The van der Waals surface area contributed by atoms with Crippen LogP contribution in [0.5, 0.6) is 5.75 Å². The molecule has 0 spiro atoms. The van der Waals surface area contributed by atoms with E-state index < -0.39 is 22.1 Å². The highest BCUT2D eigenvalue weighted by Crippen LogP contribution is 2.33. The van der Waals surface area contributed by atoms with E-state index in [1.165, 1.54) is 4.31 Å². The number of nitrogens with one attached hydrogen (secondary N) is 1. The summed E-state index contributed by atoms with van der Waals surface area (Å²) >= 11 is 0. The third kappa shape index (κ3) is 4.82. The highest BCUT2D eigenvalue weighted by Gasteiger charge is 2.45. The maximum absolute atomic E-state index is 13.2. The second-order valence-electron chi connectivity index (χ2n) is 8.24. The summed E-state index contributed by atoms with van der Waals surface area (Å²) in [6.45, 7) is 0.745. The normalized spacial score (nSPS) is 29.0. The van der Waals surface area contributed by atoms with E-state index in [1.807, 2.05) is 24.3 Å². The lowest BCUT2D eigenvalue weighted by Gasteiger charge is -2.37. The number of carbonyl (C=O) groups is 2. The van der Waals surface area contributed by atoms with Crippen LogP contribution < -0.4 is 15.8 Å². The third-order valence-corrected chi connectivity index (χ3v) is 7.50. The number of nitrogens with zero attached hydrogens (tertiary/aromatic N) is 2. The van der Waals surface area contributed by atoms with Gasteiger partial charge in [0.1, 0.15) is 11.8 Å². The van der Waals surface area contributed by atoms with Crippen LogP contribution in [0.15, 0.2) is 24.3 Å². The zero-order chi connectivity index (χ0) is 21.5. The summed E-state index contributed by atoms with van der Waals surface area (Å²) in [4.78, 5) is 27.8. The molecule has 3 aliphatic rings. The van der Waals surface area contributed by atoms with Gasteiger partial charge in [-0.05, 0) is 25.3 Å². The highest BCUT2D eigenvalue weighted by molar-refractivity contribution is 7.88. The second kappa shape index (κ2) is 9.32. The van der Waals surface area contributed by atoms with Crippen molar-refractivity contribution in [3.63, 3.8) is 0 Å². The van der Waals surface area contributed by atoms with Gasteiger partial charge in [-0.1, -0.05) is 18.2 Å². The molecule has 2 saturated heterocycles. The Balaban J connectivity index is 0.00000272. The van der Waals surface area contributed by atoms with E-state index in [4.69, 9.17) is 10.5 Å². The van der Waals surface area contributed by atoms with Crippen molar-refractivity contribution in [1.29, 1.82) is 0 Å². The fourth-order valence-electron chi connectivity index (χ4n) is 4.69. The number of rotatable bonds is 3. The van der Waals surface area contributed by atoms with E-state index in [2.05, 4.69) is 5.32 Å². The monoisotopic (exact) mass is 472 g/mol. The van der Waals surface area contributed by atoms with Gasteiger partial charge in [-0.2, -0.15) is 4.31 Å². The van der Waals surface area contributed by atoms with Crippen molar-refractivity contribution in [2.75, 3.05) is 26.0 Å². The van der Waals surface area contributed by atoms with E-state index in [-0.39, 0.29) is 42.8 Å². The minimum Gasteiger partial charge on any atom is -0.493 e. The summed E-state index contributed by atoms with van der Waals surface area (Å²) in [5.74, 6) is 0.210. The van der Waals surface area contributed by atoms with Crippen LogP contribution in [-0.2, 0) is 19.6 Å². The molecule has 0 saturated carbocycles. The molecule has 3 aliphatic heterocycles. The van der Waals surface area contributed by atoms with Crippen molar-refractivity contribution < 1.29 is 22.7 Å². The second-order valence-corrected chi connectivity index (χ2v) is 10.2. The highest BCUT2D eigenvalue weighted by atomic mass is 35.5. The minimum atomic E-state index is -3.44. The third-order valence-electron chi connectivity index (χ3n) is 6.23. The number of ether oxygens (including phenoxy) is 1. The predicted octanol–water partition coefficient (Wildman–Crippen LogP) is 0.400. The van der Waals surface area contributed by atoms with E-state index in [9.17, 15) is 18.0 Å². The first kappa shape index (κ1) is 23.8. The quantitative estimate of drug-likeness (QED) is 0.656. The van der Waals surface area contributed by atoms with Crippen LogP contribution >= 0.6 is 12.4 Å². The molecule has 11 heteroatoms. The maximum atomic E-state index is 13.2. The molecule has 4 atom stereocenters. The molecule has 0 aromatic heterocycles. The van der Waals surface area contributed by atoms with Crippen LogP contribution in [0.25, 0.3) is 0 Å². The Labute approximate surface area is 188 Å². The number of carbonyl (C=O) groups excluding carboxylic acids is 2. The first-order valence-electron chi connectivity index (χ1n) is 10.3. The molecule has 0 bridgehead atoms. The summed E-state index contributed by atoms with van der Waals surface area (Å²) in [7, 11) is -3.44. The zero-order valence-electron chi connectivity index (χ0n) is 17.4. The van der Waals surface area contributed by atoms with Crippen molar-refractivity contribution >= 4 is 34.2 Å². The summed E-state index contributed by atoms with van der Waals surface area (Å²) in [5, 5.41) is 3.09. The first-order valence-corrected chi connectivity index (χ1v) is 12.2. The number of benzene rings is 1. The summed E-state index contributed by atoms with van der Waals surface area (Å²) in [5.41, 5.74) is 6.99. The fraction of sp³-hybridized carbons (Fsp3) is 0.600. The average molecular weight is 473 g/mol. The standard InChI is InChI=1S/C20H28N4O5S.ClH/c1-30(27,28)23-10-8-13-6-7-17(24(13)20(26)15(21)12-23)19(25)22-16-9-11-29-18-5-3-2-4-14(16)18;/h2-5,13,15-17H,6-12,21H2,1H3,(H,22,25);1H/t13-,15+,16-,17+;/m1./s1. The van der Waals surface area contributed by atoms with Crippen molar-refractivity contribution in [3.05, 3.63) is 29.8 Å². The smallest absolute Gasteiger partial charge is 0.243 e. The van der Waals surface area contributed by atoms with Crippen molar-refractivity contribution in [2.45, 2.75) is 49.9 Å². The summed E-state index contributed by atoms with van der Waals surface area (Å²) in [6.07, 6.45) is 3.47. The number of hydrogen-bond acceptors (Lipinski definition) is 6. The molecule has 9 nitrogen and oxygen atoms in total. The van der Waals surface area contributed by atoms with E-state index in [1.54, 1.807) is 4.90 Å². The molecule has 0 radical (unpaired) electrons. The van der Waals surface area contributed by atoms with Crippen molar-refractivity contribution in [3.8, 4) is 5.75 Å². The topological polar surface area (TPSA) is 122 Å². The molecule has 0 aliphatic carbocycles. The Hall–Kier alpha value is -1.88. The van der Waals surface area contributed by atoms with Gasteiger partial charge in [0, 0.05) is 31.1 Å². The minimum absolute atomic E-state index is 0. The summed E-state index contributed by atoms with van der Waals surface area (Å²) in [6, 6.07) is 5.69. The van der Waals surface area contributed by atoms with Crippen molar-refractivity contribution in [2.24, 2.45) is 5.73 Å². The van der Waals surface area contributed by atoms with Gasteiger partial charge in [0.05, 0.1) is 24.9 Å². The van der Waals surface area contributed by atoms with Crippen LogP contribution in [0.1, 0.15) is 37.3 Å². The molecule has 1 aromatic rings. The van der Waals surface area contributed by atoms with Gasteiger partial charge in [-0.3, -0.25) is 9.59 Å². The Bertz CT molecular complexity index is 943. The molecule has 172 valence electrons. The molecule has 31 heavy (non-hydrogen) atoms. The van der Waals surface area contributed by atoms with Gasteiger partial charge in [0.2, 0.25) is 21.8 Å². The summed E-state index contributed by atoms with van der Waals surface area (Å²) < 4.78 is 30.8. The SMILES string of the molecule is CS(=O)(=O)N1CC[C@H]2CC[C@@H](C(=O)N[C@@H]3CCOc4ccccc43)N2C(=O)[C@@H](N)C1.Cl. The van der Waals surface area contributed by atoms with Gasteiger partial charge >= 0.3 is 0 Å². The number of fused-ring (bicyclic) bond motifs is 2. The molecule has 0 unspecified atom stereocenters. The molecule has 1 aromatic carbocycles. The Morgan fingerprint density at radius 1 is 1.19 bits per heavy atom. The van der Waals surface area contributed by atoms with E-state index >= 15 is 0 Å². The predicted molar refractivity (Wildman–Crippen MR) is 117 cm³/mol. The zero-order valence-corrected chi connectivity index (χ0v) is 19.0. The largest absolute Gasteiger partial charge is 0.493 e. The Kier molecular flexibility index (Phi) is 7.14. The lowest BCUT2D eigenvalue weighted by atomic mass is 10.00. The molecular weight excluding hydrogens is 444 g/mol. The van der Waals surface area contributed by atoms with Gasteiger partial charge in [-0.15, -0.1) is 12.4 Å². The van der Waals surface area contributed by atoms with E-state index in [0.29, 0.717) is 38.8 Å². The van der Waals surface area contributed by atoms with Crippen LogP contribution in [-0.4, -0.2) is 73.5 Å². The maximum Gasteiger partial charge on any atom is 0.243 e. The van der Waals surface area contributed by atoms with Gasteiger partial charge in [0.15, 0.2) is 0 Å². The fourth-order valence-corrected chi connectivity index (χ4v) is 5.56. The molecule has 4 rings (SSSR count). The molecule has 2 amide bonds. The molecule has 2 fully saturated rings. The van der Waals surface area contributed by atoms with Crippen molar-refractivity contribution in [1.82, 2.24) is 14.5 Å². The van der Waals surface area contributed by atoms with E-state index in [0.717, 1.165) is 17.6 Å². The molecule has 3 heterocycles. The van der Waals surface area contributed by atoms with Crippen LogP contribution in [0.4, 0.5) is 0 Å². The Morgan fingerprint density at radius 2 is 1.94 bits per heavy atom. The van der Waals surface area contributed by atoms with Gasteiger partial charge < -0.3 is 20.7 Å². The number of hydrogen-bond donors (Lipinski definition) is 2. The number of halogens is 1. The first-order chi connectivity index (χ1) is 14.3. The number of amides is 2. The van der Waals surface area contributed by atoms with Gasteiger partial charge in [0.25, 0.3) is 0 Å². The lowest BCUT2D eigenvalue weighted by Crippen LogP contribution is -2.59. The Morgan fingerprint density at radius 3 is 2.68 bits per heavy atom. The molecular formula is C20H29ClN4O5S. The lowest BCUT2D eigenvalue weighted by molar-refractivity contribution is -0.142. The van der Waals surface area contributed by atoms with Gasteiger partial charge in [-0.25, -0.2) is 8.42 Å².